The molecular weight excluding hydrogens is 386 g/mol. The van der Waals surface area contributed by atoms with Gasteiger partial charge in [-0.2, -0.15) is 0 Å². The van der Waals surface area contributed by atoms with Crippen molar-refractivity contribution in [3.8, 4) is 11.5 Å². The largest absolute Gasteiger partial charge is 0.476 e. The monoisotopic (exact) mass is 397 g/mol. The second kappa shape index (κ2) is 6.94. The van der Waals surface area contributed by atoms with Crippen molar-refractivity contribution in [2.45, 2.75) is 11.2 Å². The molecule has 1 atom stereocenters. The van der Waals surface area contributed by atoms with E-state index in [-0.39, 0.29) is 22.0 Å². The molecule has 0 saturated carbocycles. The fourth-order valence-electron chi connectivity index (χ4n) is 2.19. The SMILES string of the molecule is O=C(CNS(=O)(=O)c1ccc(Cl)cc1)c1ccc2c(c1)OC(C(=O)O)O2. The van der Waals surface area contributed by atoms with Crippen molar-refractivity contribution in [1.29, 1.82) is 0 Å². The van der Waals surface area contributed by atoms with Crippen LogP contribution < -0.4 is 14.2 Å². The Morgan fingerprint density at radius 2 is 1.73 bits per heavy atom. The van der Waals surface area contributed by atoms with Gasteiger partial charge in [-0.15, -0.1) is 0 Å². The Morgan fingerprint density at radius 3 is 2.38 bits per heavy atom. The molecule has 0 fully saturated rings. The number of sulfonamides is 1. The van der Waals surface area contributed by atoms with Crippen LogP contribution in [-0.2, 0) is 14.8 Å². The second-order valence-corrected chi connectivity index (χ2v) is 7.47. The van der Waals surface area contributed by atoms with E-state index in [2.05, 4.69) is 4.72 Å². The number of aliphatic carboxylic acids is 1. The Kier molecular flexibility index (Phi) is 4.86. The molecule has 136 valence electrons. The lowest BCUT2D eigenvalue weighted by Gasteiger charge is -2.07. The van der Waals surface area contributed by atoms with Crippen molar-refractivity contribution in [2.75, 3.05) is 6.54 Å². The van der Waals surface area contributed by atoms with Gasteiger partial charge in [-0.25, -0.2) is 17.9 Å². The predicted octanol–water partition coefficient (Wildman–Crippen LogP) is 1.68. The third-order valence-corrected chi connectivity index (χ3v) is 5.15. The van der Waals surface area contributed by atoms with E-state index in [1.54, 1.807) is 0 Å². The highest BCUT2D eigenvalue weighted by atomic mass is 35.5. The van der Waals surface area contributed by atoms with E-state index >= 15 is 0 Å². The highest BCUT2D eigenvalue weighted by molar-refractivity contribution is 7.89. The maximum Gasteiger partial charge on any atom is 0.387 e. The zero-order valence-electron chi connectivity index (χ0n) is 13.0. The molecule has 0 radical (unpaired) electrons. The molecule has 8 nitrogen and oxygen atoms in total. The quantitative estimate of drug-likeness (QED) is 0.711. The molecule has 0 spiro atoms. The van der Waals surface area contributed by atoms with Gasteiger partial charge < -0.3 is 14.6 Å². The molecule has 0 amide bonds. The Balaban J connectivity index is 1.69. The molecule has 3 rings (SSSR count). The van der Waals surface area contributed by atoms with E-state index in [0.717, 1.165) is 0 Å². The Hall–Kier alpha value is -2.62. The highest BCUT2D eigenvalue weighted by Gasteiger charge is 2.31. The van der Waals surface area contributed by atoms with E-state index < -0.39 is 34.6 Å². The first kappa shape index (κ1) is 18.2. The fourth-order valence-corrected chi connectivity index (χ4v) is 3.29. The van der Waals surface area contributed by atoms with Crippen LogP contribution in [0.2, 0.25) is 5.02 Å². The van der Waals surface area contributed by atoms with E-state index in [4.69, 9.17) is 26.2 Å². The number of carboxylic acids is 1. The van der Waals surface area contributed by atoms with Crippen LogP contribution in [0.5, 0.6) is 11.5 Å². The van der Waals surface area contributed by atoms with Crippen LogP contribution in [0.4, 0.5) is 0 Å². The van der Waals surface area contributed by atoms with E-state index in [9.17, 15) is 18.0 Å². The number of halogens is 1. The normalized spacial score (nSPS) is 15.7. The number of hydrogen-bond donors (Lipinski definition) is 2. The van der Waals surface area contributed by atoms with Crippen LogP contribution in [0.1, 0.15) is 10.4 Å². The number of ketones is 1. The van der Waals surface area contributed by atoms with Crippen LogP contribution in [0, 0.1) is 0 Å². The van der Waals surface area contributed by atoms with Crippen molar-refractivity contribution in [2.24, 2.45) is 0 Å². The average molecular weight is 398 g/mol. The van der Waals surface area contributed by atoms with Crippen molar-refractivity contribution in [3.05, 3.63) is 53.1 Å². The molecule has 2 N–H and O–H groups in total. The molecule has 10 heteroatoms. The van der Waals surface area contributed by atoms with Gasteiger partial charge >= 0.3 is 12.3 Å². The van der Waals surface area contributed by atoms with E-state index in [0.29, 0.717) is 5.02 Å². The maximum absolute atomic E-state index is 12.2. The molecule has 2 aromatic carbocycles. The number of hydrogen-bond acceptors (Lipinski definition) is 6. The minimum atomic E-state index is -3.87. The molecule has 1 aliphatic rings. The fraction of sp³-hybridized carbons (Fsp3) is 0.125. The van der Waals surface area contributed by atoms with Gasteiger partial charge in [0.05, 0.1) is 11.4 Å². The second-order valence-electron chi connectivity index (χ2n) is 5.27. The lowest BCUT2D eigenvalue weighted by molar-refractivity contribution is -0.154. The van der Waals surface area contributed by atoms with Crippen LogP contribution in [-0.4, -0.2) is 38.1 Å². The highest BCUT2D eigenvalue weighted by Crippen LogP contribution is 2.35. The van der Waals surface area contributed by atoms with E-state index in [1.807, 2.05) is 0 Å². The molecule has 0 aliphatic carbocycles. The summed E-state index contributed by atoms with van der Waals surface area (Å²) in [6, 6.07) is 9.58. The van der Waals surface area contributed by atoms with Crippen molar-refractivity contribution in [3.63, 3.8) is 0 Å². The lowest BCUT2D eigenvalue weighted by Crippen LogP contribution is -2.29. The first-order valence-electron chi connectivity index (χ1n) is 7.25. The summed E-state index contributed by atoms with van der Waals surface area (Å²) in [4.78, 5) is 23.1. The summed E-state index contributed by atoms with van der Waals surface area (Å²) in [7, 11) is -3.87. The molecule has 1 unspecified atom stereocenters. The Bertz CT molecular complexity index is 973. The number of carbonyl (C=O) groups is 2. The zero-order chi connectivity index (χ0) is 18.9. The van der Waals surface area contributed by atoms with Crippen LogP contribution in [0.15, 0.2) is 47.4 Å². The maximum atomic E-state index is 12.2. The third kappa shape index (κ3) is 3.79. The third-order valence-electron chi connectivity index (χ3n) is 3.48. The van der Waals surface area contributed by atoms with Gasteiger partial charge in [-0.1, -0.05) is 11.6 Å². The summed E-state index contributed by atoms with van der Waals surface area (Å²) in [5.41, 5.74) is 0.150. The molecule has 26 heavy (non-hydrogen) atoms. The van der Waals surface area contributed by atoms with Gasteiger partial charge in [0.25, 0.3) is 0 Å². The summed E-state index contributed by atoms with van der Waals surface area (Å²) in [5.74, 6) is -1.53. The summed E-state index contributed by atoms with van der Waals surface area (Å²) in [5, 5.41) is 9.25. The van der Waals surface area contributed by atoms with Crippen molar-refractivity contribution in [1.82, 2.24) is 4.72 Å². The zero-order valence-corrected chi connectivity index (χ0v) is 14.6. The first-order valence-corrected chi connectivity index (χ1v) is 9.11. The average Bonchev–Trinajstić information content (AvgIpc) is 3.03. The topological polar surface area (TPSA) is 119 Å². The summed E-state index contributed by atoms with van der Waals surface area (Å²) < 4.78 is 36.6. The number of fused-ring (bicyclic) bond motifs is 1. The predicted molar refractivity (Wildman–Crippen MR) is 90.1 cm³/mol. The van der Waals surface area contributed by atoms with Crippen LogP contribution in [0.25, 0.3) is 0 Å². The number of benzene rings is 2. The molecule has 0 aromatic heterocycles. The van der Waals surface area contributed by atoms with Gasteiger partial charge in [-0.3, -0.25) is 4.79 Å². The Labute approximate surface area is 153 Å². The molecular formula is C16H12ClNO7S. The number of Topliss-reactive ketones (excluding diaryl/α,β-unsaturated/α-hetero) is 1. The van der Waals surface area contributed by atoms with Crippen LogP contribution in [0.3, 0.4) is 0 Å². The molecule has 2 aromatic rings. The summed E-state index contributed by atoms with van der Waals surface area (Å²) in [6.07, 6.45) is -1.47. The molecule has 0 bridgehead atoms. The van der Waals surface area contributed by atoms with Gasteiger partial charge in [0, 0.05) is 10.6 Å². The first-order chi connectivity index (χ1) is 12.3. The lowest BCUT2D eigenvalue weighted by atomic mass is 10.1. The van der Waals surface area contributed by atoms with Crippen LogP contribution >= 0.6 is 11.6 Å². The molecule has 1 heterocycles. The smallest absolute Gasteiger partial charge is 0.387 e. The summed E-state index contributed by atoms with van der Waals surface area (Å²) in [6.45, 7) is -0.479. The van der Waals surface area contributed by atoms with Gasteiger partial charge in [-0.05, 0) is 42.5 Å². The number of carbonyl (C=O) groups excluding carboxylic acids is 1. The van der Waals surface area contributed by atoms with Crippen molar-refractivity contribution >= 4 is 33.4 Å². The van der Waals surface area contributed by atoms with E-state index in [1.165, 1.54) is 42.5 Å². The van der Waals surface area contributed by atoms with Crippen molar-refractivity contribution < 1.29 is 32.6 Å². The minimum absolute atomic E-state index is 0.0234. The number of nitrogens with one attached hydrogen (secondary N) is 1. The molecule has 1 aliphatic heterocycles. The van der Waals surface area contributed by atoms with Gasteiger partial charge in [0.2, 0.25) is 10.0 Å². The standard InChI is InChI=1S/C16H12ClNO7S/c17-10-2-4-11(5-3-10)26(22,23)18-8-12(19)9-1-6-13-14(7-9)25-16(24-13)15(20)21/h1-7,16,18H,8H2,(H,20,21). The summed E-state index contributed by atoms with van der Waals surface area (Å²) >= 11 is 5.72. The number of carboxylic acid groups (broad SMARTS) is 1. The molecule has 0 saturated heterocycles. The van der Waals surface area contributed by atoms with Gasteiger partial charge in [0.15, 0.2) is 17.3 Å². The Morgan fingerprint density at radius 1 is 1.08 bits per heavy atom. The van der Waals surface area contributed by atoms with Gasteiger partial charge in [0.1, 0.15) is 0 Å². The number of ether oxygens (including phenoxy) is 2. The minimum Gasteiger partial charge on any atom is -0.476 e. The number of rotatable bonds is 6.